The zero-order chi connectivity index (χ0) is 16.4. The zero-order valence-electron chi connectivity index (χ0n) is 13.3. The minimum absolute atomic E-state index is 0.0573. The maximum atomic E-state index is 12.3. The lowest BCUT2D eigenvalue weighted by Gasteiger charge is -2.15. The molecule has 0 bridgehead atoms. The molecule has 120 valence electrons. The third-order valence-corrected chi connectivity index (χ3v) is 6.30. The highest BCUT2D eigenvalue weighted by Crippen LogP contribution is 2.38. The molecule has 0 unspecified atom stereocenters. The number of carbonyl (C=O) groups is 1. The summed E-state index contributed by atoms with van der Waals surface area (Å²) in [7, 11) is 1.94. The summed E-state index contributed by atoms with van der Waals surface area (Å²) in [6.45, 7) is 3.18. The molecule has 0 fully saturated rings. The fraction of sp³-hybridized carbons (Fsp3) is 0.412. The van der Waals surface area contributed by atoms with Crippen molar-refractivity contribution in [2.24, 2.45) is 0 Å². The predicted molar refractivity (Wildman–Crippen MR) is 95.1 cm³/mol. The molecule has 0 radical (unpaired) electrons. The van der Waals surface area contributed by atoms with Gasteiger partial charge in [0.15, 0.2) is 0 Å². The van der Waals surface area contributed by atoms with Crippen molar-refractivity contribution in [3.8, 4) is 6.07 Å². The SMILES string of the molecule is Cc1ccsc1CN(C)CC(=O)Nc1sc2c(c1C#N)CCC2. The van der Waals surface area contributed by atoms with Crippen LogP contribution in [0, 0.1) is 18.3 Å². The van der Waals surface area contributed by atoms with Gasteiger partial charge in [0.05, 0.1) is 12.1 Å². The van der Waals surface area contributed by atoms with Gasteiger partial charge in [-0.05, 0) is 55.8 Å². The second-order valence-electron chi connectivity index (χ2n) is 5.92. The molecule has 1 N–H and O–H groups in total. The van der Waals surface area contributed by atoms with Gasteiger partial charge < -0.3 is 5.32 Å². The van der Waals surface area contributed by atoms with Crippen LogP contribution in [0.15, 0.2) is 11.4 Å². The number of carbonyl (C=O) groups excluding carboxylic acids is 1. The summed E-state index contributed by atoms with van der Waals surface area (Å²) in [6.07, 6.45) is 3.11. The lowest BCUT2D eigenvalue weighted by molar-refractivity contribution is -0.117. The fourth-order valence-electron chi connectivity index (χ4n) is 2.89. The Kier molecular flexibility index (Phi) is 4.81. The van der Waals surface area contributed by atoms with E-state index in [1.54, 1.807) is 22.7 Å². The van der Waals surface area contributed by atoms with Gasteiger partial charge >= 0.3 is 0 Å². The van der Waals surface area contributed by atoms with Crippen molar-refractivity contribution in [2.75, 3.05) is 18.9 Å². The molecule has 2 heterocycles. The average molecular weight is 345 g/mol. The minimum Gasteiger partial charge on any atom is -0.315 e. The van der Waals surface area contributed by atoms with Crippen LogP contribution in [0.1, 0.15) is 32.9 Å². The van der Waals surface area contributed by atoms with Crippen molar-refractivity contribution in [1.29, 1.82) is 5.26 Å². The number of nitrogens with one attached hydrogen (secondary N) is 1. The summed E-state index contributed by atoms with van der Waals surface area (Å²) >= 11 is 3.28. The highest BCUT2D eigenvalue weighted by atomic mass is 32.1. The molecule has 0 atom stereocenters. The normalized spacial score (nSPS) is 13.1. The molecule has 1 aliphatic carbocycles. The van der Waals surface area contributed by atoms with Crippen molar-refractivity contribution in [3.63, 3.8) is 0 Å². The lowest BCUT2D eigenvalue weighted by Crippen LogP contribution is -2.29. The maximum Gasteiger partial charge on any atom is 0.239 e. The number of aryl methyl sites for hydroxylation is 2. The summed E-state index contributed by atoms with van der Waals surface area (Å²) in [5, 5.41) is 15.1. The van der Waals surface area contributed by atoms with Crippen molar-refractivity contribution >= 4 is 33.6 Å². The Morgan fingerprint density at radius 2 is 2.30 bits per heavy atom. The van der Waals surface area contributed by atoms with Gasteiger partial charge in [-0.1, -0.05) is 0 Å². The maximum absolute atomic E-state index is 12.3. The van der Waals surface area contributed by atoms with E-state index in [1.165, 1.54) is 15.3 Å². The summed E-state index contributed by atoms with van der Waals surface area (Å²) in [5.41, 5.74) is 3.09. The van der Waals surface area contributed by atoms with Gasteiger partial charge in [-0.2, -0.15) is 5.26 Å². The van der Waals surface area contributed by atoms with Crippen LogP contribution in [0.4, 0.5) is 5.00 Å². The third-order valence-electron chi connectivity index (χ3n) is 4.08. The molecule has 23 heavy (non-hydrogen) atoms. The Balaban J connectivity index is 1.62. The van der Waals surface area contributed by atoms with Crippen molar-refractivity contribution in [3.05, 3.63) is 37.9 Å². The first-order valence-corrected chi connectivity index (χ1v) is 9.34. The molecule has 2 aromatic rings. The molecule has 1 amide bonds. The third kappa shape index (κ3) is 3.47. The Morgan fingerprint density at radius 1 is 1.48 bits per heavy atom. The number of thiophene rings is 2. The van der Waals surface area contributed by atoms with Crippen LogP contribution in [0.5, 0.6) is 0 Å². The molecule has 6 heteroatoms. The molecular weight excluding hydrogens is 326 g/mol. The highest BCUT2D eigenvalue weighted by Gasteiger charge is 2.23. The number of fused-ring (bicyclic) bond motifs is 1. The van der Waals surface area contributed by atoms with E-state index >= 15 is 0 Å². The summed E-state index contributed by atoms with van der Waals surface area (Å²) in [5.74, 6) is -0.0573. The predicted octanol–water partition coefficient (Wildman–Crippen LogP) is 3.55. The topological polar surface area (TPSA) is 56.1 Å². The molecule has 0 spiro atoms. The average Bonchev–Trinajstić information content (AvgIpc) is 3.16. The van der Waals surface area contributed by atoms with Gasteiger partial charge in [-0.3, -0.25) is 9.69 Å². The number of anilines is 1. The van der Waals surface area contributed by atoms with E-state index in [2.05, 4.69) is 29.8 Å². The number of likely N-dealkylation sites (N-methyl/N-ethyl adjacent to an activating group) is 1. The number of amides is 1. The zero-order valence-corrected chi connectivity index (χ0v) is 14.9. The molecule has 4 nitrogen and oxygen atoms in total. The number of hydrogen-bond acceptors (Lipinski definition) is 5. The van der Waals surface area contributed by atoms with Gasteiger partial charge in [0.25, 0.3) is 0 Å². The number of nitrogens with zero attached hydrogens (tertiary/aromatic N) is 2. The Labute approximate surface area is 144 Å². The van der Waals surface area contributed by atoms with Crippen LogP contribution in [-0.2, 0) is 24.2 Å². The van der Waals surface area contributed by atoms with E-state index in [0.717, 1.165) is 36.4 Å². The second-order valence-corrected chi connectivity index (χ2v) is 8.03. The standard InChI is InChI=1S/C17H19N3OS2/c1-11-6-7-22-15(11)9-20(2)10-16(21)19-17-13(8-18)12-4-3-5-14(12)23-17/h6-7H,3-5,9-10H2,1-2H3,(H,19,21). The monoisotopic (exact) mass is 345 g/mol. The van der Waals surface area contributed by atoms with Crippen molar-refractivity contribution in [1.82, 2.24) is 4.90 Å². The molecule has 0 saturated carbocycles. The Hall–Kier alpha value is -1.68. The van der Waals surface area contributed by atoms with Gasteiger partial charge in [0, 0.05) is 16.3 Å². The minimum atomic E-state index is -0.0573. The van der Waals surface area contributed by atoms with E-state index in [9.17, 15) is 10.1 Å². The fourth-order valence-corrected chi connectivity index (χ4v) is 5.13. The van der Waals surface area contributed by atoms with Crippen molar-refractivity contribution in [2.45, 2.75) is 32.7 Å². The second kappa shape index (κ2) is 6.83. The smallest absolute Gasteiger partial charge is 0.239 e. The highest BCUT2D eigenvalue weighted by molar-refractivity contribution is 7.16. The molecule has 3 rings (SSSR count). The van der Waals surface area contributed by atoms with Crippen LogP contribution < -0.4 is 5.32 Å². The van der Waals surface area contributed by atoms with E-state index < -0.39 is 0 Å². The van der Waals surface area contributed by atoms with Crippen LogP contribution >= 0.6 is 22.7 Å². The molecule has 0 saturated heterocycles. The van der Waals surface area contributed by atoms with Crippen LogP contribution in [0.2, 0.25) is 0 Å². The largest absolute Gasteiger partial charge is 0.315 e. The van der Waals surface area contributed by atoms with Gasteiger partial charge in [-0.15, -0.1) is 22.7 Å². The van der Waals surface area contributed by atoms with E-state index in [1.807, 2.05) is 11.9 Å². The molecular formula is C17H19N3OS2. The van der Waals surface area contributed by atoms with E-state index in [4.69, 9.17) is 0 Å². The van der Waals surface area contributed by atoms with Crippen LogP contribution in [0.3, 0.4) is 0 Å². The summed E-state index contributed by atoms with van der Waals surface area (Å²) in [6, 6.07) is 4.36. The van der Waals surface area contributed by atoms with Gasteiger partial charge in [0.1, 0.15) is 11.1 Å². The lowest BCUT2D eigenvalue weighted by atomic mass is 10.1. The van der Waals surface area contributed by atoms with E-state index in [0.29, 0.717) is 12.1 Å². The number of hydrogen-bond donors (Lipinski definition) is 1. The molecule has 1 aliphatic rings. The summed E-state index contributed by atoms with van der Waals surface area (Å²) < 4.78 is 0. The van der Waals surface area contributed by atoms with Crippen LogP contribution in [-0.4, -0.2) is 24.4 Å². The van der Waals surface area contributed by atoms with Gasteiger partial charge in [0.2, 0.25) is 5.91 Å². The van der Waals surface area contributed by atoms with Crippen molar-refractivity contribution < 1.29 is 4.79 Å². The first kappa shape index (κ1) is 16.2. The number of nitriles is 1. The first-order chi connectivity index (χ1) is 11.1. The Bertz CT molecular complexity index is 769. The molecule has 0 aromatic carbocycles. The molecule has 2 aromatic heterocycles. The first-order valence-electron chi connectivity index (χ1n) is 7.64. The molecule has 0 aliphatic heterocycles. The summed E-state index contributed by atoms with van der Waals surface area (Å²) in [4.78, 5) is 16.8. The Morgan fingerprint density at radius 3 is 3.00 bits per heavy atom. The van der Waals surface area contributed by atoms with Crippen LogP contribution in [0.25, 0.3) is 0 Å². The quantitative estimate of drug-likeness (QED) is 0.901. The van der Waals surface area contributed by atoms with Gasteiger partial charge in [-0.25, -0.2) is 0 Å². The number of rotatable bonds is 5. The van der Waals surface area contributed by atoms with E-state index in [-0.39, 0.29) is 5.91 Å².